The van der Waals surface area contributed by atoms with Crippen molar-refractivity contribution in [2.24, 2.45) is 0 Å². The van der Waals surface area contributed by atoms with Gasteiger partial charge >= 0.3 is 5.97 Å². The van der Waals surface area contributed by atoms with Crippen molar-refractivity contribution in [1.82, 2.24) is 4.98 Å². The van der Waals surface area contributed by atoms with Crippen LogP contribution in [0.2, 0.25) is 0 Å². The number of benzene rings is 1. The zero-order valence-corrected chi connectivity index (χ0v) is 10.5. The molecule has 2 rings (SSSR count). The van der Waals surface area contributed by atoms with Gasteiger partial charge in [-0.15, -0.1) is 0 Å². The first-order chi connectivity index (χ1) is 8.70. The molecule has 0 bridgehead atoms. The number of aromatic nitrogens is 1. The van der Waals surface area contributed by atoms with Crippen LogP contribution in [0.3, 0.4) is 0 Å². The molecule has 0 radical (unpaired) electrons. The summed E-state index contributed by atoms with van der Waals surface area (Å²) < 4.78 is 4.84. The Balaban J connectivity index is 2.36. The van der Waals surface area contributed by atoms with E-state index in [9.17, 15) is 4.79 Å². The van der Waals surface area contributed by atoms with Crippen LogP contribution < -0.4 is 0 Å². The Bertz CT molecular complexity index is 602. The fraction of sp³-hybridized carbons (Fsp3) is 0.200. The lowest BCUT2D eigenvalue weighted by molar-refractivity contribution is -0.137. The normalized spacial score (nSPS) is 11.0. The highest BCUT2D eigenvalue weighted by Crippen LogP contribution is 2.19. The first kappa shape index (κ1) is 12.3. The summed E-state index contributed by atoms with van der Waals surface area (Å²) in [5, 5.41) is 2.15. The number of nitrogens with zero attached hydrogens (tertiary/aromatic N) is 1. The molecule has 0 aliphatic carbocycles. The number of esters is 1. The molecule has 2 aromatic rings. The number of hydrogen-bond donors (Lipinski definition) is 0. The number of pyridine rings is 1. The van der Waals surface area contributed by atoms with Gasteiger partial charge in [0, 0.05) is 17.7 Å². The van der Waals surface area contributed by atoms with Crippen LogP contribution in [0.4, 0.5) is 0 Å². The van der Waals surface area contributed by atoms with E-state index in [1.807, 2.05) is 25.1 Å². The summed E-state index contributed by atoms with van der Waals surface area (Å²) in [6.45, 7) is 4.21. The van der Waals surface area contributed by atoms with Crippen LogP contribution in [0.1, 0.15) is 18.2 Å². The van der Waals surface area contributed by atoms with Crippen molar-refractivity contribution in [3.05, 3.63) is 47.8 Å². The Morgan fingerprint density at radius 3 is 3.00 bits per heavy atom. The van der Waals surface area contributed by atoms with E-state index in [2.05, 4.69) is 11.1 Å². The van der Waals surface area contributed by atoms with Gasteiger partial charge in [-0.05, 0) is 31.4 Å². The Labute approximate surface area is 106 Å². The van der Waals surface area contributed by atoms with Gasteiger partial charge in [-0.1, -0.05) is 23.8 Å². The second-order valence-electron chi connectivity index (χ2n) is 4.01. The lowest BCUT2D eigenvalue weighted by Crippen LogP contribution is -1.98. The van der Waals surface area contributed by atoms with Crippen LogP contribution >= 0.6 is 0 Å². The number of carbonyl (C=O) groups excluding carboxylic acids is 1. The van der Waals surface area contributed by atoms with E-state index in [1.165, 1.54) is 11.6 Å². The van der Waals surface area contributed by atoms with Crippen molar-refractivity contribution < 1.29 is 9.53 Å². The van der Waals surface area contributed by atoms with Gasteiger partial charge < -0.3 is 4.74 Å². The Morgan fingerprint density at radius 1 is 1.39 bits per heavy atom. The molecular formula is C15H15NO2. The molecule has 92 valence electrons. The SMILES string of the molecule is CCOC(=O)/C=C/c1nccc2cc(C)ccc12. The molecule has 0 aliphatic rings. The van der Waals surface area contributed by atoms with Crippen molar-refractivity contribution in [1.29, 1.82) is 0 Å². The molecule has 18 heavy (non-hydrogen) atoms. The summed E-state index contributed by atoms with van der Waals surface area (Å²) >= 11 is 0. The fourth-order valence-electron chi connectivity index (χ4n) is 1.79. The molecule has 3 nitrogen and oxygen atoms in total. The van der Waals surface area contributed by atoms with Crippen LogP contribution in [0.25, 0.3) is 16.8 Å². The molecule has 0 saturated heterocycles. The van der Waals surface area contributed by atoms with Crippen molar-refractivity contribution >= 4 is 22.8 Å². The number of ether oxygens (including phenoxy) is 1. The van der Waals surface area contributed by atoms with Gasteiger partial charge in [0.1, 0.15) is 0 Å². The average Bonchev–Trinajstić information content (AvgIpc) is 2.36. The molecule has 3 heteroatoms. The average molecular weight is 241 g/mol. The topological polar surface area (TPSA) is 39.2 Å². The lowest BCUT2D eigenvalue weighted by Gasteiger charge is -2.02. The van der Waals surface area contributed by atoms with Crippen LogP contribution in [0.5, 0.6) is 0 Å². The lowest BCUT2D eigenvalue weighted by atomic mass is 10.1. The highest BCUT2D eigenvalue weighted by Gasteiger charge is 2.00. The van der Waals surface area contributed by atoms with Gasteiger partial charge in [-0.25, -0.2) is 4.79 Å². The molecule has 1 heterocycles. The molecule has 0 amide bonds. The maximum Gasteiger partial charge on any atom is 0.330 e. The first-order valence-electron chi connectivity index (χ1n) is 5.91. The molecule has 1 aromatic heterocycles. The van der Waals surface area contributed by atoms with Gasteiger partial charge in [0.2, 0.25) is 0 Å². The highest BCUT2D eigenvalue weighted by molar-refractivity contribution is 5.93. The molecule has 0 spiro atoms. The second kappa shape index (κ2) is 5.45. The molecule has 0 saturated carbocycles. The Kier molecular flexibility index (Phi) is 3.72. The number of hydrogen-bond acceptors (Lipinski definition) is 3. The number of rotatable bonds is 3. The third kappa shape index (κ3) is 2.74. The Morgan fingerprint density at radius 2 is 2.22 bits per heavy atom. The minimum atomic E-state index is -0.344. The zero-order valence-electron chi connectivity index (χ0n) is 10.5. The summed E-state index contributed by atoms with van der Waals surface area (Å²) in [6.07, 6.45) is 4.84. The fourth-order valence-corrected chi connectivity index (χ4v) is 1.79. The van der Waals surface area contributed by atoms with Gasteiger partial charge in [0.15, 0.2) is 0 Å². The monoisotopic (exact) mass is 241 g/mol. The third-order valence-electron chi connectivity index (χ3n) is 2.61. The van der Waals surface area contributed by atoms with Crippen LogP contribution in [-0.4, -0.2) is 17.6 Å². The summed E-state index contributed by atoms with van der Waals surface area (Å²) in [4.78, 5) is 15.5. The second-order valence-corrected chi connectivity index (χ2v) is 4.01. The first-order valence-corrected chi connectivity index (χ1v) is 5.91. The van der Waals surface area contributed by atoms with E-state index in [4.69, 9.17) is 4.74 Å². The summed E-state index contributed by atoms with van der Waals surface area (Å²) in [6, 6.07) is 8.11. The molecular weight excluding hydrogens is 226 g/mol. The van der Waals surface area contributed by atoms with Crippen LogP contribution in [0.15, 0.2) is 36.5 Å². The van der Waals surface area contributed by atoms with E-state index in [0.29, 0.717) is 6.61 Å². The van der Waals surface area contributed by atoms with Gasteiger partial charge in [-0.2, -0.15) is 0 Å². The number of aryl methyl sites for hydroxylation is 1. The van der Waals surface area contributed by atoms with Crippen molar-refractivity contribution in [2.45, 2.75) is 13.8 Å². The minimum Gasteiger partial charge on any atom is -0.463 e. The minimum absolute atomic E-state index is 0.344. The Hall–Kier alpha value is -2.16. The number of fused-ring (bicyclic) bond motifs is 1. The molecule has 0 aliphatic heterocycles. The van der Waals surface area contributed by atoms with Crippen LogP contribution in [0, 0.1) is 6.92 Å². The molecule has 0 fully saturated rings. The molecule has 0 unspecified atom stereocenters. The smallest absolute Gasteiger partial charge is 0.330 e. The third-order valence-corrected chi connectivity index (χ3v) is 2.61. The van der Waals surface area contributed by atoms with Gasteiger partial charge in [-0.3, -0.25) is 4.98 Å². The van der Waals surface area contributed by atoms with E-state index >= 15 is 0 Å². The van der Waals surface area contributed by atoms with E-state index in [0.717, 1.165) is 16.5 Å². The predicted molar refractivity (Wildman–Crippen MR) is 72.1 cm³/mol. The van der Waals surface area contributed by atoms with Crippen molar-refractivity contribution in [3.8, 4) is 0 Å². The van der Waals surface area contributed by atoms with Crippen molar-refractivity contribution in [2.75, 3.05) is 6.61 Å². The maximum absolute atomic E-state index is 11.3. The van der Waals surface area contributed by atoms with Gasteiger partial charge in [0.05, 0.1) is 12.3 Å². The van der Waals surface area contributed by atoms with E-state index in [1.54, 1.807) is 19.2 Å². The van der Waals surface area contributed by atoms with E-state index < -0.39 is 0 Å². The highest BCUT2D eigenvalue weighted by atomic mass is 16.5. The summed E-state index contributed by atoms with van der Waals surface area (Å²) in [5.41, 5.74) is 1.98. The van der Waals surface area contributed by atoms with E-state index in [-0.39, 0.29) is 5.97 Å². The molecule has 1 aromatic carbocycles. The summed E-state index contributed by atoms with van der Waals surface area (Å²) in [5.74, 6) is -0.344. The standard InChI is InChI=1S/C15H15NO2/c1-3-18-15(17)7-6-14-13-5-4-11(2)10-12(13)8-9-16-14/h4-10H,3H2,1-2H3/b7-6+. The molecule has 0 N–H and O–H groups in total. The van der Waals surface area contributed by atoms with Crippen LogP contribution in [-0.2, 0) is 9.53 Å². The number of carbonyl (C=O) groups is 1. The largest absolute Gasteiger partial charge is 0.463 e. The summed E-state index contributed by atoms with van der Waals surface area (Å²) in [7, 11) is 0. The molecule has 0 atom stereocenters. The quantitative estimate of drug-likeness (QED) is 0.612. The predicted octanol–water partition coefficient (Wildman–Crippen LogP) is 3.12. The van der Waals surface area contributed by atoms with Crippen molar-refractivity contribution in [3.63, 3.8) is 0 Å². The zero-order chi connectivity index (χ0) is 13.0. The van der Waals surface area contributed by atoms with Gasteiger partial charge in [0.25, 0.3) is 0 Å². The maximum atomic E-state index is 11.3.